The first-order valence-corrected chi connectivity index (χ1v) is 7.06. The summed E-state index contributed by atoms with van der Waals surface area (Å²) in [6.07, 6.45) is 4.24. The molecule has 4 nitrogen and oxygen atoms in total. The molecule has 0 saturated heterocycles. The number of amides is 1. The summed E-state index contributed by atoms with van der Waals surface area (Å²) < 4.78 is 5.35. The summed E-state index contributed by atoms with van der Waals surface area (Å²) in [7, 11) is 0. The number of benzene rings is 1. The van der Waals surface area contributed by atoms with Gasteiger partial charge in [-0.1, -0.05) is 26.7 Å². The van der Waals surface area contributed by atoms with Crippen LogP contribution in [0, 0.1) is 0 Å². The molecule has 1 amide bonds. The molecule has 0 saturated carbocycles. The Labute approximate surface area is 114 Å². The number of rotatable bonds is 6. The summed E-state index contributed by atoms with van der Waals surface area (Å²) in [5, 5.41) is 6.22. The highest BCUT2D eigenvalue weighted by Gasteiger charge is 2.16. The van der Waals surface area contributed by atoms with E-state index < -0.39 is 0 Å². The summed E-state index contributed by atoms with van der Waals surface area (Å²) in [4.78, 5) is 12.2. The molecule has 0 spiro atoms. The lowest BCUT2D eigenvalue weighted by Gasteiger charge is -2.17. The Balaban J connectivity index is 2.02. The van der Waals surface area contributed by atoms with Gasteiger partial charge in [-0.15, -0.1) is 0 Å². The Morgan fingerprint density at radius 2 is 2.11 bits per heavy atom. The lowest BCUT2D eigenvalue weighted by molar-refractivity contribution is 0.0932. The van der Waals surface area contributed by atoms with Crippen molar-refractivity contribution in [3.8, 4) is 5.75 Å². The van der Waals surface area contributed by atoms with Gasteiger partial charge in [-0.2, -0.15) is 0 Å². The number of hydrogen-bond donors (Lipinski definition) is 2. The molecule has 19 heavy (non-hydrogen) atoms. The third-order valence-corrected chi connectivity index (χ3v) is 3.34. The van der Waals surface area contributed by atoms with Gasteiger partial charge in [0.1, 0.15) is 5.75 Å². The van der Waals surface area contributed by atoms with Crippen molar-refractivity contribution in [2.45, 2.75) is 45.6 Å². The van der Waals surface area contributed by atoms with E-state index in [0.29, 0.717) is 12.3 Å². The molecule has 2 rings (SSSR count). The van der Waals surface area contributed by atoms with Crippen LogP contribution in [-0.2, 0) is 0 Å². The normalized spacial score (nSPS) is 12.8. The van der Waals surface area contributed by atoms with Crippen LogP contribution in [0.15, 0.2) is 18.2 Å². The van der Waals surface area contributed by atoms with Crippen LogP contribution < -0.4 is 15.4 Å². The van der Waals surface area contributed by atoms with Crippen LogP contribution in [0.4, 0.5) is 5.69 Å². The van der Waals surface area contributed by atoms with Crippen molar-refractivity contribution in [1.82, 2.24) is 5.32 Å². The second-order valence-electron chi connectivity index (χ2n) is 4.92. The minimum Gasteiger partial charge on any atom is -0.471 e. The molecule has 0 unspecified atom stereocenters. The van der Waals surface area contributed by atoms with Gasteiger partial charge < -0.3 is 15.4 Å². The van der Waals surface area contributed by atoms with Gasteiger partial charge in [0.25, 0.3) is 5.91 Å². The Hall–Kier alpha value is -1.71. The molecule has 0 bridgehead atoms. The van der Waals surface area contributed by atoms with E-state index in [4.69, 9.17) is 4.74 Å². The number of hydrogen-bond acceptors (Lipinski definition) is 3. The lowest BCUT2D eigenvalue weighted by Crippen LogP contribution is -2.34. The molecule has 0 atom stereocenters. The standard InChI is InChI=1S/C15H22N2O2/c1-3-5-12(6-4-2)17-15(18)11-7-8-14-13(9-11)16-10-19-14/h7-9,12,16H,3-6,10H2,1-2H3,(H,17,18). The minimum atomic E-state index is 0.00315. The van der Waals surface area contributed by atoms with Gasteiger partial charge in [0.15, 0.2) is 6.73 Å². The van der Waals surface area contributed by atoms with E-state index in [1.165, 1.54) is 0 Å². The maximum absolute atomic E-state index is 12.2. The highest BCUT2D eigenvalue weighted by Crippen LogP contribution is 2.29. The van der Waals surface area contributed by atoms with Crippen molar-refractivity contribution in [2.24, 2.45) is 0 Å². The summed E-state index contributed by atoms with van der Waals surface area (Å²) in [5.74, 6) is 0.818. The highest BCUT2D eigenvalue weighted by atomic mass is 16.5. The van der Waals surface area contributed by atoms with E-state index in [1.807, 2.05) is 18.2 Å². The molecule has 1 aromatic rings. The number of carbonyl (C=O) groups is 1. The first kappa shape index (κ1) is 13.7. The van der Waals surface area contributed by atoms with Gasteiger partial charge in [0, 0.05) is 11.6 Å². The van der Waals surface area contributed by atoms with Crippen LogP contribution in [0.3, 0.4) is 0 Å². The van der Waals surface area contributed by atoms with Gasteiger partial charge in [-0.25, -0.2) is 0 Å². The molecule has 0 aromatic heterocycles. The van der Waals surface area contributed by atoms with Crippen molar-refractivity contribution in [3.63, 3.8) is 0 Å². The summed E-state index contributed by atoms with van der Waals surface area (Å²) in [5.41, 5.74) is 1.59. The first-order chi connectivity index (χ1) is 9.24. The summed E-state index contributed by atoms with van der Waals surface area (Å²) in [6.45, 7) is 4.77. The lowest BCUT2D eigenvalue weighted by atomic mass is 10.1. The number of carbonyl (C=O) groups excluding carboxylic acids is 1. The van der Waals surface area contributed by atoms with Crippen LogP contribution in [0.5, 0.6) is 5.75 Å². The predicted octanol–water partition coefficient (Wildman–Crippen LogP) is 3.15. The van der Waals surface area contributed by atoms with Crippen molar-refractivity contribution >= 4 is 11.6 Å². The van der Waals surface area contributed by atoms with Crippen molar-refractivity contribution in [3.05, 3.63) is 23.8 Å². The van der Waals surface area contributed by atoms with E-state index in [1.54, 1.807) is 0 Å². The molecule has 1 aromatic carbocycles. The second kappa shape index (κ2) is 6.45. The molecule has 0 fully saturated rings. The highest BCUT2D eigenvalue weighted by molar-refractivity contribution is 5.95. The van der Waals surface area contributed by atoms with Crippen LogP contribution in [0.2, 0.25) is 0 Å². The van der Waals surface area contributed by atoms with Gasteiger partial charge in [-0.3, -0.25) is 4.79 Å². The number of ether oxygens (including phenoxy) is 1. The Morgan fingerprint density at radius 3 is 2.79 bits per heavy atom. The Kier molecular flexibility index (Phi) is 4.66. The third-order valence-electron chi connectivity index (χ3n) is 3.34. The van der Waals surface area contributed by atoms with Gasteiger partial charge in [-0.05, 0) is 31.0 Å². The summed E-state index contributed by atoms with van der Waals surface area (Å²) >= 11 is 0. The zero-order chi connectivity index (χ0) is 13.7. The van der Waals surface area contributed by atoms with E-state index in [9.17, 15) is 4.79 Å². The predicted molar refractivity (Wildman–Crippen MR) is 76.6 cm³/mol. The molecule has 1 aliphatic heterocycles. The Bertz CT molecular complexity index is 440. The maximum Gasteiger partial charge on any atom is 0.251 e. The van der Waals surface area contributed by atoms with Gasteiger partial charge in [0.05, 0.1) is 5.69 Å². The number of nitrogens with one attached hydrogen (secondary N) is 2. The fourth-order valence-corrected chi connectivity index (χ4v) is 2.38. The van der Waals surface area contributed by atoms with Crippen LogP contribution in [-0.4, -0.2) is 18.7 Å². The van der Waals surface area contributed by atoms with Crippen molar-refractivity contribution < 1.29 is 9.53 Å². The average molecular weight is 262 g/mol. The van der Waals surface area contributed by atoms with Crippen molar-refractivity contribution in [1.29, 1.82) is 0 Å². The van der Waals surface area contributed by atoms with Gasteiger partial charge in [0.2, 0.25) is 0 Å². The molecule has 2 N–H and O–H groups in total. The summed E-state index contributed by atoms with van der Waals surface area (Å²) in [6, 6.07) is 5.79. The third kappa shape index (κ3) is 3.40. The quantitative estimate of drug-likeness (QED) is 0.828. The minimum absolute atomic E-state index is 0.00315. The zero-order valence-electron chi connectivity index (χ0n) is 11.7. The average Bonchev–Trinajstić information content (AvgIpc) is 2.86. The Morgan fingerprint density at radius 1 is 1.37 bits per heavy atom. The van der Waals surface area contributed by atoms with E-state index in [2.05, 4.69) is 24.5 Å². The number of fused-ring (bicyclic) bond motifs is 1. The van der Waals surface area contributed by atoms with E-state index in [0.717, 1.165) is 37.1 Å². The van der Waals surface area contributed by atoms with E-state index >= 15 is 0 Å². The maximum atomic E-state index is 12.2. The van der Waals surface area contributed by atoms with Gasteiger partial charge >= 0.3 is 0 Å². The number of anilines is 1. The molecular formula is C15H22N2O2. The molecule has 104 valence electrons. The molecule has 1 aliphatic rings. The topological polar surface area (TPSA) is 50.4 Å². The van der Waals surface area contributed by atoms with Crippen molar-refractivity contribution in [2.75, 3.05) is 12.0 Å². The molecule has 0 aliphatic carbocycles. The molecule has 1 heterocycles. The smallest absolute Gasteiger partial charge is 0.251 e. The molecule has 0 radical (unpaired) electrons. The fraction of sp³-hybridized carbons (Fsp3) is 0.533. The van der Waals surface area contributed by atoms with Crippen LogP contribution in [0.25, 0.3) is 0 Å². The SMILES string of the molecule is CCCC(CCC)NC(=O)c1ccc2c(c1)NCO2. The zero-order valence-corrected chi connectivity index (χ0v) is 11.7. The van der Waals surface area contributed by atoms with Crippen LogP contribution in [0.1, 0.15) is 49.9 Å². The largest absolute Gasteiger partial charge is 0.471 e. The second-order valence-corrected chi connectivity index (χ2v) is 4.92. The molecule has 4 heteroatoms. The molecular weight excluding hydrogens is 240 g/mol. The van der Waals surface area contributed by atoms with E-state index in [-0.39, 0.29) is 11.9 Å². The monoisotopic (exact) mass is 262 g/mol. The first-order valence-electron chi connectivity index (χ1n) is 7.06. The fourth-order valence-electron chi connectivity index (χ4n) is 2.38. The van der Waals surface area contributed by atoms with Crippen LogP contribution >= 0.6 is 0 Å².